The van der Waals surface area contributed by atoms with Crippen LogP contribution >= 0.6 is 11.6 Å². The van der Waals surface area contributed by atoms with Crippen molar-refractivity contribution in [2.24, 2.45) is 0 Å². The van der Waals surface area contributed by atoms with Gasteiger partial charge in [-0.1, -0.05) is 5.92 Å². The van der Waals surface area contributed by atoms with Gasteiger partial charge < -0.3 is 15.2 Å². The van der Waals surface area contributed by atoms with Gasteiger partial charge in [-0.05, 0) is 18.5 Å². The van der Waals surface area contributed by atoms with Crippen molar-refractivity contribution in [1.82, 2.24) is 24.8 Å². The number of rotatable bonds is 2. The maximum absolute atomic E-state index is 12.4. The molecule has 21 heavy (non-hydrogen) atoms. The normalized spacial score (nSPS) is 15.0. The number of imidazole rings is 1. The van der Waals surface area contributed by atoms with Crippen molar-refractivity contribution >= 4 is 28.7 Å². The van der Waals surface area contributed by atoms with E-state index in [1.807, 2.05) is 0 Å². The Bertz CT molecular complexity index is 778. The summed E-state index contributed by atoms with van der Waals surface area (Å²) < 4.78 is 1.33. The molecule has 0 spiro atoms. The minimum Gasteiger partial charge on any atom is -0.340 e. The number of aromatic amines is 1. The minimum atomic E-state index is -0.248. The molecule has 3 rings (SSSR count). The highest BCUT2D eigenvalue weighted by Crippen LogP contribution is 2.15. The van der Waals surface area contributed by atoms with Crippen molar-refractivity contribution in [2.75, 3.05) is 31.1 Å². The lowest BCUT2D eigenvalue weighted by molar-refractivity contribution is 0.582. The zero-order chi connectivity index (χ0) is 14.8. The molecule has 7 nitrogen and oxygen atoms in total. The summed E-state index contributed by atoms with van der Waals surface area (Å²) in [4.78, 5) is 26.1. The Labute approximate surface area is 126 Å². The van der Waals surface area contributed by atoms with Crippen LogP contribution in [0.25, 0.3) is 11.2 Å². The Morgan fingerprint density at radius 3 is 2.81 bits per heavy atom. The molecule has 0 radical (unpaired) electrons. The van der Waals surface area contributed by atoms with Gasteiger partial charge in [0.05, 0.1) is 6.54 Å². The van der Waals surface area contributed by atoms with Crippen molar-refractivity contribution in [1.29, 1.82) is 0 Å². The molecule has 3 heterocycles. The number of halogens is 1. The van der Waals surface area contributed by atoms with Crippen LogP contribution in [0.4, 0.5) is 5.95 Å². The van der Waals surface area contributed by atoms with Crippen LogP contribution in [-0.4, -0.2) is 45.7 Å². The van der Waals surface area contributed by atoms with Crippen LogP contribution in [-0.2, 0) is 6.54 Å². The van der Waals surface area contributed by atoms with Gasteiger partial charge in [-0.25, -0.2) is 0 Å². The lowest BCUT2D eigenvalue weighted by Gasteiger charge is -2.26. The molecule has 2 N–H and O–H groups in total. The summed E-state index contributed by atoms with van der Waals surface area (Å²) in [6.07, 6.45) is 0. The van der Waals surface area contributed by atoms with Crippen molar-refractivity contribution < 1.29 is 0 Å². The van der Waals surface area contributed by atoms with Crippen molar-refractivity contribution in [2.45, 2.75) is 13.5 Å². The maximum Gasteiger partial charge on any atom is 0.281 e. The fourth-order valence-electron chi connectivity index (χ4n) is 2.27. The standard InChI is InChI=1S/C13H15ClN6O/c1-2-3-6-20-11(21)9-10(17-12(20)14)18-13(16-9)19-7-4-15-5-8-19/h15H,4-8H2,1H3,(H,16,18). The van der Waals surface area contributed by atoms with E-state index in [4.69, 9.17) is 11.6 Å². The lowest BCUT2D eigenvalue weighted by atomic mass is 10.4. The number of fused-ring (bicyclic) bond motifs is 1. The van der Waals surface area contributed by atoms with E-state index in [0.717, 1.165) is 26.2 Å². The van der Waals surface area contributed by atoms with E-state index in [1.165, 1.54) is 4.57 Å². The maximum atomic E-state index is 12.4. The first-order valence-corrected chi connectivity index (χ1v) is 7.10. The molecule has 0 atom stereocenters. The summed E-state index contributed by atoms with van der Waals surface area (Å²) in [5.74, 6) is 6.21. The Kier molecular flexibility index (Phi) is 3.82. The van der Waals surface area contributed by atoms with Gasteiger partial charge >= 0.3 is 0 Å². The van der Waals surface area contributed by atoms with E-state index in [2.05, 4.69) is 37.0 Å². The summed E-state index contributed by atoms with van der Waals surface area (Å²) in [6.45, 7) is 5.39. The third-order valence-corrected chi connectivity index (χ3v) is 3.67. The average molecular weight is 307 g/mol. The van der Waals surface area contributed by atoms with Gasteiger partial charge in [-0.3, -0.25) is 9.36 Å². The summed E-state index contributed by atoms with van der Waals surface area (Å²) in [6, 6.07) is 0. The van der Waals surface area contributed by atoms with Crippen LogP contribution in [0.5, 0.6) is 0 Å². The van der Waals surface area contributed by atoms with Gasteiger partial charge in [0.1, 0.15) is 0 Å². The van der Waals surface area contributed by atoms with Gasteiger partial charge in [0.25, 0.3) is 5.56 Å². The smallest absolute Gasteiger partial charge is 0.281 e. The van der Waals surface area contributed by atoms with Crippen molar-refractivity contribution in [3.63, 3.8) is 0 Å². The van der Waals surface area contributed by atoms with E-state index in [1.54, 1.807) is 6.92 Å². The average Bonchev–Trinajstić information content (AvgIpc) is 2.92. The molecule has 1 aliphatic rings. The number of nitrogens with one attached hydrogen (secondary N) is 2. The molecule has 0 aromatic carbocycles. The first-order valence-electron chi connectivity index (χ1n) is 6.72. The topological polar surface area (TPSA) is 78.8 Å². The Morgan fingerprint density at radius 1 is 1.33 bits per heavy atom. The van der Waals surface area contributed by atoms with E-state index < -0.39 is 0 Å². The van der Waals surface area contributed by atoms with Crippen LogP contribution < -0.4 is 15.8 Å². The second-order valence-corrected chi connectivity index (χ2v) is 5.03. The fourth-order valence-corrected chi connectivity index (χ4v) is 2.49. The summed E-state index contributed by atoms with van der Waals surface area (Å²) >= 11 is 6.05. The molecule has 0 bridgehead atoms. The highest BCUT2D eigenvalue weighted by Gasteiger charge is 2.18. The molecule has 2 aromatic heterocycles. The van der Waals surface area contributed by atoms with E-state index >= 15 is 0 Å². The van der Waals surface area contributed by atoms with Crippen LogP contribution in [0.1, 0.15) is 6.92 Å². The van der Waals surface area contributed by atoms with E-state index in [0.29, 0.717) is 17.1 Å². The number of anilines is 1. The molecule has 0 saturated carbocycles. The minimum absolute atomic E-state index is 0.105. The Balaban J connectivity index is 2.06. The summed E-state index contributed by atoms with van der Waals surface area (Å²) in [7, 11) is 0. The monoisotopic (exact) mass is 306 g/mol. The molecule has 110 valence electrons. The number of hydrogen-bond donors (Lipinski definition) is 2. The fraction of sp³-hybridized carbons (Fsp3) is 0.462. The van der Waals surface area contributed by atoms with Gasteiger partial charge in [0, 0.05) is 26.2 Å². The molecule has 0 unspecified atom stereocenters. The summed E-state index contributed by atoms with van der Waals surface area (Å²) in [5.41, 5.74) is 0.465. The summed E-state index contributed by atoms with van der Waals surface area (Å²) in [5, 5.41) is 3.38. The SMILES string of the molecule is CC#CCn1c(Cl)nc2nc(N3CCNCC3)[nH]c2c1=O. The van der Waals surface area contributed by atoms with Crippen LogP contribution in [0, 0.1) is 11.8 Å². The predicted molar refractivity (Wildman–Crippen MR) is 81.7 cm³/mol. The molecule has 0 aliphatic carbocycles. The van der Waals surface area contributed by atoms with Gasteiger partial charge in [0.15, 0.2) is 11.2 Å². The molecular formula is C13H15ClN6O. The zero-order valence-corrected chi connectivity index (χ0v) is 12.4. The third-order valence-electron chi connectivity index (χ3n) is 3.38. The Hall–Kier alpha value is -2.04. The second kappa shape index (κ2) is 5.76. The number of aromatic nitrogens is 4. The van der Waals surface area contributed by atoms with Gasteiger partial charge in [-0.2, -0.15) is 9.97 Å². The zero-order valence-electron chi connectivity index (χ0n) is 11.6. The molecular weight excluding hydrogens is 292 g/mol. The molecule has 1 fully saturated rings. The predicted octanol–water partition coefficient (Wildman–Crippen LogP) is 0.206. The molecule has 8 heteroatoms. The van der Waals surface area contributed by atoms with Gasteiger partial charge in [-0.15, -0.1) is 5.92 Å². The van der Waals surface area contributed by atoms with Crippen LogP contribution in [0.3, 0.4) is 0 Å². The number of piperazine rings is 1. The van der Waals surface area contributed by atoms with E-state index in [-0.39, 0.29) is 17.4 Å². The first-order chi connectivity index (χ1) is 10.2. The second-order valence-electron chi connectivity index (χ2n) is 4.69. The number of hydrogen-bond acceptors (Lipinski definition) is 5. The molecule has 1 aliphatic heterocycles. The number of nitrogens with zero attached hydrogens (tertiary/aromatic N) is 4. The quantitative estimate of drug-likeness (QED) is 0.612. The molecule has 0 amide bonds. The number of H-pyrrole nitrogens is 1. The lowest BCUT2D eigenvalue weighted by Crippen LogP contribution is -2.44. The highest BCUT2D eigenvalue weighted by molar-refractivity contribution is 6.28. The molecule has 2 aromatic rings. The third kappa shape index (κ3) is 2.60. The first kappa shape index (κ1) is 13.9. The largest absolute Gasteiger partial charge is 0.340 e. The van der Waals surface area contributed by atoms with Crippen molar-refractivity contribution in [3.8, 4) is 11.8 Å². The van der Waals surface area contributed by atoms with E-state index in [9.17, 15) is 4.79 Å². The van der Waals surface area contributed by atoms with Gasteiger partial charge in [0.2, 0.25) is 11.2 Å². The Morgan fingerprint density at radius 2 is 2.10 bits per heavy atom. The van der Waals surface area contributed by atoms with Crippen molar-refractivity contribution in [3.05, 3.63) is 15.6 Å². The highest BCUT2D eigenvalue weighted by atomic mass is 35.5. The van der Waals surface area contributed by atoms with Crippen LogP contribution in [0.15, 0.2) is 4.79 Å². The molecule has 1 saturated heterocycles. The van der Waals surface area contributed by atoms with Crippen LogP contribution in [0.2, 0.25) is 5.28 Å².